The molecule has 0 fully saturated rings. The minimum Gasteiger partial charge on any atom is -0.496 e. The molecule has 4 heteroatoms. The van der Waals surface area contributed by atoms with Gasteiger partial charge in [-0.3, -0.25) is 0 Å². The highest BCUT2D eigenvalue weighted by molar-refractivity contribution is 6.00. The molecule has 0 saturated carbocycles. The number of nitrogens with zero attached hydrogens (tertiary/aromatic N) is 1. The number of benzene rings is 2. The molecule has 0 radical (unpaired) electrons. The summed E-state index contributed by atoms with van der Waals surface area (Å²) < 4.78 is 5.33. The van der Waals surface area contributed by atoms with Gasteiger partial charge in [0.1, 0.15) is 5.75 Å². The van der Waals surface area contributed by atoms with Crippen LogP contribution in [0.25, 0.3) is 10.9 Å². The first kappa shape index (κ1) is 14.2. The van der Waals surface area contributed by atoms with Crippen molar-refractivity contribution >= 4 is 17.1 Å². The second-order valence-corrected chi connectivity index (χ2v) is 5.11. The number of aromatic nitrogens is 1. The summed E-state index contributed by atoms with van der Waals surface area (Å²) in [5.74, 6) is 0.869. The Balaban J connectivity index is 1.73. The lowest BCUT2D eigenvalue weighted by Gasteiger charge is -2.07. The van der Waals surface area contributed by atoms with Crippen LogP contribution in [0.1, 0.15) is 16.8 Å². The summed E-state index contributed by atoms with van der Waals surface area (Å²) >= 11 is 0. The Morgan fingerprint density at radius 1 is 1.14 bits per heavy atom. The normalized spacial score (nSPS) is 11.2. The third kappa shape index (κ3) is 2.81. The molecule has 0 aliphatic rings. The highest BCUT2D eigenvalue weighted by atomic mass is 16.5. The van der Waals surface area contributed by atoms with Gasteiger partial charge in [0.05, 0.1) is 19.9 Å². The van der Waals surface area contributed by atoms with Gasteiger partial charge in [-0.05, 0) is 19.1 Å². The van der Waals surface area contributed by atoms with E-state index in [9.17, 15) is 0 Å². The van der Waals surface area contributed by atoms with Gasteiger partial charge in [-0.25, -0.2) is 0 Å². The van der Waals surface area contributed by atoms with Crippen LogP contribution in [0.5, 0.6) is 5.75 Å². The van der Waals surface area contributed by atoms with E-state index >= 15 is 0 Å². The minimum absolute atomic E-state index is 0.627. The molecule has 1 aromatic heterocycles. The van der Waals surface area contributed by atoms with E-state index in [2.05, 4.69) is 34.6 Å². The van der Waals surface area contributed by atoms with E-state index in [4.69, 9.17) is 4.74 Å². The largest absolute Gasteiger partial charge is 0.496 e. The molecule has 2 N–H and O–H groups in total. The van der Waals surface area contributed by atoms with Crippen molar-refractivity contribution in [3.8, 4) is 5.75 Å². The molecule has 1 heterocycles. The standard InChI is InChI=1S/C18H19N3O/c1-13-16(15-8-4-5-9-17(15)21-13)12-20-19-11-14-7-3-6-10-18(14)22-2/h3-10,12,19,21H,11H2,1-2H3/b20-12-. The van der Waals surface area contributed by atoms with Crippen LogP contribution in [-0.2, 0) is 6.54 Å². The fourth-order valence-corrected chi connectivity index (χ4v) is 2.55. The first-order chi connectivity index (χ1) is 10.8. The number of hydrogen-bond acceptors (Lipinski definition) is 3. The SMILES string of the molecule is COc1ccccc1CN/N=C\c1c(C)[nH]c2ccccc12. The van der Waals surface area contributed by atoms with Gasteiger partial charge in [0, 0.05) is 27.7 Å². The molecule has 0 amide bonds. The molecule has 0 saturated heterocycles. The quantitative estimate of drug-likeness (QED) is 0.557. The van der Waals surface area contributed by atoms with E-state index in [0.717, 1.165) is 28.1 Å². The van der Waals surface area contributed by atoms with Crippen molar-refractivity contribution in [2.75, 3.05) is 7.11 Å². The molecule has 2 aromatic carbocycles. The minimum atomic E-state index is 0.627. The number of fused-ring (bicyclic) bond motifs is 1. The van der Waals surface area contributed by atoms with Gasteiger partial charge in [-0.1, -0.05) is 36.4 Å². The van der Waals surface area contributed by atoms with Crippen molar-refractivity contribution < 1.29 is 4.74 Å². The number of aromatic amines is 1. The Labute approximate surface area is 129 Å². The maximum absolute atomic E-state index is 5.33. The van der Waals surface area contributed by atoms with E-state index in [0.29, 0.717) is 6.54 Å². The topological polar surface area (TPSA) is 49.4 Å². The zero-order chi connectivity index (χ0) is 15.4. The third-order valence-electron chi connectivity index (χ3n) is 3.69. The van der Waals surface area contributed by atoms with Crippen molar-refractivity contribution in [1.82, 2.24) is 10.4 Å². The second kappa shape index (κ2) is 6.35. The predicted molar refractivity (Wildman–Crippen MR) is 90.5 cm³/mol. The van der Waals surface area contributed by atoms with Gasteiger partial charge in [0.15, 0.2) is 0 Å². The van der Waals surface area contributed by atoms with Gasteiger partial charge in [0.2, 0.25) is 0 Å². The molecular formula is C18H19N3O. The lowest BCUT2D eigenvalue weighted by atomic mass is 10.1. The van der Waals surface area contributed by atoms with Gasteiger partial charge < -0.3 is 15.1 Å². The van der Waals surface area contributed by atoms with Crippen LogP contribution in [0.2, 0.25) is 0 Å². The summed E-state index contributed by atoms with van der Waals surface area (Å²) in [5, 5.41) is 5.53. The highest BCUT2D eigenvalue weighted by Gasteiger charge is 2.05. The Hall–Kier alpha value is -2.75. The van der Waals surface area contributed by atoms with Crippen LogP contribution in [0.4, 0.5) is 0 Å². The van der Waals surface area contributed by atoms with Crippen LogP contribution in [0.3, 0.4) is 0 Å². The van der Waals surface area contributed by atoms with Crippen molar-refractivity contribution in [1.29, 1.82) is 0 Å². The lowest BCUT2D eigenvalue weighted by molar-refractivity contribution is 0.408. The molecule has 3 rings (SSSR count). The summed E-state index contributed by atoms with van der Waals surface area (Å²) in [4.78, 5) is 3.36. The molecule has 22 heavy (non-hydrogen) atoms. The molecule has 0 atom stereocenters. The summed E-state index contributed by atoms with van der Waals surface area (Å²) in [6.07, 6.45) is 1.86. The number of ether oxygens (including phenoxy) is 1. The third-order valence-corrected chi connectivity index (χ3v) is 3.69. The molecule has 0 spiro atoms. The maximum atomic E-state index is 5.33. The molecule has 0 unspecified atom stereocenters. The van der Waals surface area contributed by atoms with Crippen LogP contribution in [-0.4, -0.2) is 18.3 Å². The Morgan fingerprint density at radius 3 is 2.77 bits per heavy atom. The Kier molecular flexibility index (Phi) is 4.10. The van der Waals surface area contributed by atoms with Crippen molar-refractivity contribution in [2.45, 2.75) is 13.5 Å². The number of hydrogen-bond donors (Lipinski definition) is 2. The zero-order valence-corrected chi connectivity index (χ0v) is 12.8. The lowest BCUT2D eigenvalue weighted by Crippen LogP contribution is -2.07. The van der Waals surface area contributed by atoms with Crippen molar-refractivity contribution in [2.24, 2.45) is 5.10 Å². The average Bonchev–Trinajstić information content (AvgIpc) is 2.87. The van der Waals surface area contributed by atoms with E-state index in [1.165, 1.54) is 5.39 Å². The second-order valence-electron chi connectivity index (χ2n) is 5.11. The number of aryl methyl sites for hydroxylation is 1. The predicted octanol–water partition coefficient (Wildman–Crippen LogP) is 3.61. The van der Waals surface area contributed by atoms with Crippen molar-refractivity contribution in [3.05, 3.63) is 65.4 Å². The molecule has 4 nitrogen and oxygen atoms in total. The average molecular weight is 293 g/mol. The smallest absolute Gasteiger partial charge is 0.123 e. The summed E-state index contributed by atoms with van der Waals surface area (Å²) in [5.41, 5.74) is 7.52. The molecule has 112 valence electrons. The van der Waals surface area contributed by atoms with Crippen LogP contribution < -0.4 is 10.2 Å². The summed E-state index contributed by atoms with van der Waals surface area (Å²) in [7, 11) is 1.68. The van der Waals surface area contributed by atoms with Gasteiger partial charge >= 0.3 is 0 Å². The van der Waals surface area contributed by atoms with Crippen molar-refractivity contribution in [3.63, 3.8) is 0 Å². The number of methoxy groups -OCH3 is 1. The fraction of sp³-hybridized carbons (Fsp3) is 0.167. The number of rotatable bonds is 5. The van der Waals surface area contributed by atoms with Crippen LogP contribution in [0, 0.1) is 6.92 Å². The Bertz CT molecular complexity index is 805. The molecule has 0 aliphatic heterocycles. The van der Waals surface area contributed by atoms with Crippen LogP contribution in [0.15, 0.2) is 53.6 Å². The monoisotopic (exact) mass is 293 g/mol. The first-order valence-corrected chi connectivity index (χ1v) is 7.24. The number of para-hydroxylation sites is 2. The van der Waals surface area contributed by atoms with E-state index in [1.54, 1.807) is 7.11 Å². The van der Waals surface area contributed by atoms with Crippen LogP contribution >= 0.6 is 0 Å². The number of nitrogens with one attached hydrogen (secondary N) is 2. The fourth-order valence-electron chi connectivity index (χ4n) is 2.55. The Morgan fingerprint density at radius 2 is 1.91 bits per heavy atom. The van der Waals surface area contributed by atoms with Gasteiger partial charge in [-0.15, -0.1) is 0 Å². The van der Waals surface area contributed by atoms with E-state index in [-0.39, 0.29) is 0 Å². The summed E-state index contributed by atoms with van der Waals surface area (Å²) in [6, 6.07) is 16.2. The highest BCUT2D eigenvalue weighted by Crippen LogP contribution is 2.20. The molecule has 3 aromatic rings. The van der Waals surface area contributed by atoms with Gasteiger partial charge in [-0.2, -0.15) is 5.10 Å². The zero-order valence-electron chi connectivity index (χ0n) is 12.8. The van der Waals surface area contributed by atoms with E-state index in [1.807, 2.05) is 42.6 Å². The molecule has 0 aliphatic carbocycles. The summed E-state index contributed by atoms with van der Waals surface area (Å²) in [6.45, 7) is 2.68. The van der Waals surface area contributed by atoms with E-state index < -0.39 is 0 Å². The molecular weight excluding hydrogens is 274 g/mol. The van der Waals surface area contributed by atoms with Gasteiger partial charge in [0.25, 0.3) is 0 Å². The number of hydrazone groups is 1. The maximum Gasteiger partial charge on any atom is 0.123 e. The molecule has 0 bridgehead atoms. The number of H-pyrrole nitrogens is 1. The first-order valence-electron chi connectivity index (χ1n) is 7.24.